The van der Waals surface area contributed by atoms with Crippen LogP contribution in [0, 0.1) is 0 Å². The molecule has 1 aliphatic heterocycles. The van der Waals surface area contributed by atoms with Gasteiger partial charge in [-0.1, -0.05) is 0 Å². The third kappa shape index (κ3) is 2.27. The Morgan fingerprint density at radius 3 is 2.62 bits per heavy atom. The normalized spacial score (nSPS) is 21.6. The van der Waals surface area contributed by atoms with E-state index in [1.54, 1.807) is 0 Å². The highest BCUT2D eigenvalue weighted by atomic mass is 32.2. The summed E-state index contributed by atoms with van der Waals surface area (Å²) in [5.41, 5.74) is 0. The molecule has 1 amide bonds. The van der Waals surface area contributed by atoms with E-state index in [-0.39, 0.29) is 24.5 Å². The second-order valence-corrected chi connectivity index (χ2v) is 5.03. The predicted octanol–water partition coefficient (Wildman–Crippen LogP) is -0.472. The van der Waals surface area contributed by atoms with Crippen molar-refractivity contribution in [3.05, 3.63) is 0 Å². The van der Waals surface area contributed by atoms with Gasteiger partial charge in [0.1, 0.15) is 5.78 Å². The smallest absolute Gasteiger partial charge is 0.237 e. The van der Waals surface area contributed by atoms with Gasteiger partial charge in [-0.25, -0.2) is 12.7 Å². The molecule has 1 saturated heterocycles. The summed E-state index contributed by atoms with van der Waals surface area (Å²) in [7, 11) is -3.50. The Morgan fingerprint density at radius 1 is 1.54 bits per heavy atom. The van der Waals surface area contributed by atoms with Gasteiger partial charge in [-0.3, -0.25) is 9.59 Å². The molecule has 0 unspecified atom stereocenters. The highest BCUT2D eigenvalue weighted by Gasteiger charge is 2.31. The van der Waals surface area contributed by atoms with E-state index in [0.717, 1.165) is 0 Å². The lowest BCUT2D eigenvalue weighted by Gasteiger charge is -2.24. The van der Waals surface area contributed by atoms with Gasteiger partial charge in [-0.2, -0.15) is 0 Å². The standard InChI is InChI=1S/C7H11NO4S/c1-6(9)5-8-7(10)3-2-4-13(8,11)12/h2-5H2,1H3. The van der Waals surface area contributed by atoms with Crippen molar-refractivity contribution in [2.45, 2.75) is 19.8 Å². The molecule has 1 fully saturated rings. The molecule has 1 aliphatic rings. The fourth-order valence-electron chi connectivity index (χ4n) is 1.18. The maximum Gasteiger partial charge on any atom is 0.237 e. The molecule has 0 aromatic rings. The first kappa shape index (κ1) is 10.2. The summed E-state index contributed by atoms with van der Waals surface area (Å²) in [4.78, 5) is 21.8. The van der Waals surface area contributed by atoms with Crippen LogP contribution in [0.5, 0.6) is 0 Å². The number of carbonyl (C=O) groups is 2. The van der Waals surface area contributed by atoms with Crippen LogP contribution in [0.2, 0.25) is 0 Å². The van der Waals surface area contributed by atoms with Gasteiger partial charge in [0.2, 0.25) is 15.9 Å². The van der Waals surface area contributed by atoms with Crippen LogP contribution in [0.1, 0.15) is 19.8 Å². The Balaban J connectivity index is 2.88. The Hall–Kier alpha value is -0.910. The molecule has 0 bridgehead atoms. The van der Waals surface area contributed by atoms with Gasteiger partial charge >= 0.3 is 0 Å². The molecule has 0 radical (unpaired) electrons. The molecule has 13 heavy (non-hydrogen) atoms. The zero-order valence-electron chi connectivity index (χ0n) is 7.32. The first-order chi connectivity index (χ1) is 5.93. The molecule has 1 heterocycles. The minimum atomic E-state index is -3.50. The Labute approximate surface area is 76.8 Å². The molecule has 1 rings (SSSR count). The first-order valence-electron chi connectivity index (χ1n) is 3.96. The lowest BCUT2D eigenvalue weighted by atomic mass is 10.3. The SMILES string of the molecule is CC(=O)CN1C(=O)CCCS1(=O)=O. The number of nitrogens with zero attached hydrogens (tertiary/aromatic N) is 1. The number of Topliss-reactive ketones (excluding diaryl/α,β-unsaturated/α-hetero) is 1. The van der Waals surface area contributed by atoms with Crippen molar-refractivity contribution in [2.24, 2.45) is 0 Å². The van der Waals surface area contributed by atoms with Gasteiger partial charge in [-0.15, -0.1) is 0 Å². The maximum atomic E-state index is 11.3. The van der Waals surface area contributed by atoms with Crippen LogP contribution in [-0.4, -0.2) is 36.7 Å². The molecule has 0 aliphatic carbocycles. The first-order valence-corrected chi connectivity index (χ1v) is 5.57. The van der Waals surface area contributed by atoms with Crippen LogP contribution < -0.4 is 0 Å². The van der Waals surface area contributed by atoms with E-state index < -0.39 is 15.9 Å². The second kappa shape index (κ2) is 3.45. The van der Waals surface area contributed by atoms with E-state index in [0.29, 0.717) is 10.7 Å². The average molecular weight is 205 g/mol. The fraction of sp³-hybridized carbons (Fsp3) is 0.714. The van der Waals surface area contributed by atoms with E-state index >= 15 is 0 Å². The van der Waals surface area contributed by atoms with Crippen molar-refractivity contribution in [1.82, 2.24) is 4.31 Å². The van der Waals surface area contributed by atoms with Crippen LogP contribution in [0.4, 0.5) is 0 Å². The molecule has 0 aromatic heterocycles. The fourth-order valence-corrected chi connectivity index (χ4v) is 2.69. The lowest BCUT2D eigenvalue weighted by molar-refractivity contribution is -0.130. The van der Waals surface area contributed by atoms with Crippen LogP contribution >= 0.6 is 0 Å². The Bertz CT molecular complexity index is 332. The number of rotatable bonds is 2. The molecule has 74 valence electrons. The summed E-state index contributed by atoms with van der Waals surface area (Å²) in [6.45, 7) is 0.943. The second-order valence-electron chi connectivity index (χ2n) is 3.02. The van der Waals surface area contributed by atoms with E-state index in [2.05, 4.69) is 0 Å². The quantitative estimate of drug-likeness (QED) is 0.611. The molecule has 0 aromatic carbocycles. The number of carbonyl (C=O) groups excluding carboxylic acids is 2. The number of ketones is 1. The molecule has 5 nitrogen and oxygen atoms in total. The maximum absolute atomic E-state index is 11.3. The summed E-state index contributed by atoms with van der Waals surface area (Å²) < 4.78 is 23.2. The van der Waals surface area contributed by atoms with E-state index in [9.17, 15) is 18.0 Å². The van der Waals surface area contributed by atoms with Crippen LogP contribution in [0.3, 0.4) is 0 Å². The van der Waals surface area contributed by atoms with Crippen molar-refractivity contribution in [3.63, 3.8) is 0 Å². The summed E-state index contributed by atoms with van der Waals surface area (Å²) in [5.74, 6) is -0.827. The molecular formula is C7H11NO4S. The van der Waals surface area contributed by atoms with E-state index in [1.807, 2.05) is 0 Å². The average Bonchev–Trinajstić information content (AvgIpc) is 1.96. The molecule has 0 N–H and O–H groups in total. The minimum Gasteiger partial charge on any atom is -0.298 e. The zero-order chi connectivity index (χ0) is 10.1. The summed E-state index contributed by atoms with van der Waals surface area (Å²) in [6.07, 6.45) is 0.572. The Kier molecular flexibility index (Phi) is 2.70. The van der Waals surface area contributed by atoms with Crippen molar-refractivity contribution in [3.8, 4) is 0 Å². The van der Waals surface area contributed by atoms with Gasteiger partial charge in [0, 0.05) is 6.42 Å². The van der Waals surface area contributed by atoms with E-state index in [1.165, 1.54) is 6.92 Å². The summed E-state index contributed by atoms with van der Waals surface area (Å²) in [5, 5.41) is 0. The molecule has 0 saturated carbocycles. The van der Waals surface area contributed by atoms with Gasteiger partial charge in [0.15, 0.2) is 0 Å². The van der Waals surface area contributed by atoms with Crippen molar-refractivity contribution in [2.75, 3.05) is 12.3 Å². The topological polar surface area (TPSA) is 71.5 Å². The minimum absolute atomic E-state index is 0.0357. The largest absolute Gasteiger partial charge is 0.298 e. The van der Waals surface area contributed by atoms with Gasteiger partial charge in [-0.05, 0) is 13.3 Å². The lowest BCUT2D eigenvalue weighted by Crippen LogP contribution is -2.44. The third-order valence-electron chi connectivity index (χ3n) is 1.77. The summed E-state index contributed by atoms with van der Waals surface area (Å²) >= 11 is 0. The third-order valence-corrected chi connectivity index (χ3v) is 3.58. The highest BCUT2D eigenvalue weighted by Crippen LogP contribution is 2.14. The number of hydrogen-bond donors (Lipinski definition) is 0. The van der Waals surface area contributed by atoms with Crippen molar-refractivity contribution < 1.29 is 18.0 Å². The van der Waals surface area contributed by atoms with Gasteiger partial charge in [0.05, 0.1) is 12.3 Å². The van der Waals surface area contributed by atoms with Gasteiger partial charge in [0.25, 0.3) is 0 Å². The molecule has 6 heteroatoms. The van der Waals surface area contributed by atoms with Crippen molar-refractivity contribution >= 4 is 21.7 Å². The van der Waals surface area contributed by atoms with Crippen LogP contribution in [0.15, 0.2) is 0 Å². The monoisotopic (exact) mass is 205 g/mol. The highest BCUT2D eigenvalue weighted by molar-refractivity contribution is 7.89. The van der Waals surface area contributed by atoms with Gasteiger partial charge < -0.3 is 0 Å². The molecular weight excluding hydrogens is 194 g/mol. The summed E-state index contributed by atoms with van der Waals surface area (Å²) in [6, 6.07) is 0. The number of sulfonamides is 1. The van der Waals surface area contributed by atoms with Crippen LogP contribution in [0.25, 0.3) is 0 Å². The van der Waals surface area contributed by atoms with Crippen LogP contribution in [-0.2, 0) is 19.6 Å². The number of amides is 1. The number of hydrogen-bond acceptors (Lipinski definition) is 4. The van der Waals surface area contributed by atoms with Crippen molar-refractivity contribution in [1.29, 1.82) is 0 Å². The van der Waals surface area contributed by atoms with E-state index in [4.69, 9.17) is 0 Å². The molecule has 0 atom stereocenters. The predicted molar refractivity (Wildman–Crippen MR) is 45.4 cm³/mol. The molecule has 0 spiro atoms. The zero-order valence-corrected chi connectivity index (χ0v) is 8.13. The Morgan fingerprint density at radius 2 is 2.15 bits per heavy atom.